The highest BCUT2D eigenvalue weighted by molar-refractivity contribution is 7.33. The summed E-state index contributed by atoms with van der Waals surface area (Å²) in [4.78, 5) is 25.4. The molecule has 12 N–H and O–H groups in total. The zero-order valence-electron chi connectivity index (χ0n) is 4.67. The lowest BCUT2D eigenvalue weighted by Gasteiger charge is -2.39. The van der Waals surface area contributed by atoms with Crippen molar-refractivity contribution in [3.63, 3.8) is 0 Å². The van der Waals surface area contributed by atoms with E-state index in [0.29, 0.717) is 0 Å². The van der Waals surface area contributed by atoms with Gasteiger partial charge in [0.15, 0.2) is 0 Å². The lowest BCUT2D eigenvalue weighted by molar-refractivity contribution is -0.407. The predicted molar refractivity (Wildman–Crippen MR) is 24.9 cm³/mol. The fourth-order valence-corrected chi connectivity index (χ4v) is 0. The van der Waals surface area contributed by atoms with Crippen molar-refractivity contribution in [2.24, 2.45) is 0 Å². The van der Waals surface area contributed by atoms with Crippen LogP contribution in [0.15, 0.2) is 0 Å². The predicted octanol–water partition coefficient (Wildman–Crippen LogP) is -1.58. The fourth-order valence-electron chi connectivity index (χ4n) is 0. The number of hydrogen-bond donors (Lipinski definition) is 3. The van der Waals surface area contributed by atoms with E-state index >= 15 is 0 Å². The third kappa shape index (κ3) is 3010. The Morgan fingerprint density at radius 3 is 0.714 bits per heavy atom. The van der Waals surface area contributed by atoms with Crippen molar-refractivity contribution in [3.05, 3.63) is 0 Å². The van der Waals surface area contributed by atoms with Crippen LogP contribution in [-0.2, 0) is 0 Å². The molecule has 50 valence electrons. The molecule has 0 aliphatic heterocycles. The van der Waals surface area contributed by atoms with Gasteiger partial charge < -0.3 is 41.7 Å². The molecule has 0 rings (SSSR count). The average Bonchev–Trinajstić information content (AvgIpc) is 0.811. The van der Waals surface area contributed by atoms with E-state index in [1.807, 2.05) is 0 Å². The van der Waals surface area contributed by atoms with Crippen LogP contribution in [0.5, 0.6) is 0 Å². The molecule has 0 unspecified atom stereocenters. The van der Waals surface area contributed by atoms with E-state index in [-0.39, 0.29) is 18.5 Å². The minimum absolute atomic E-state index is 0. The first-order chi connectivity index (χ1) is 1.73. The van der Waals surface area contributed by atoms with E-state index in [2.05, 4.69) is 0 Å². The summed E-state index contributed by atoms with van der Waals surface area (Å²) in [6.45, 7) is 0. The maximum Gasteiger partial charge on any atom is -0.369 e. The third-order valence-corrected chi connectivity index (χ3v) is 0. The highest BCUT2D eigenvalue weighted by Crippen LogP contribution is 1.85. The second kappa shape index (κ2) is 16.4. The molecule has 0 aromatic heterocycles. The molecule has 0 saturated carbocycles. The lowest BCUT2D eigenvalue weighted by Crippen LogP contribution is -2.18. The van der Waals surface area contributed by atoms with Crippen molar-refractivity contribution in [1.82, 2.24) is 18.5 Å². The molecule has 0 aromatic rings. The smallest absolute Gasteiger partial charge is 0.369 e. The molecule has 0 amide bonds. The van der Waals surface area contributed by atoms with Gasteiger partial charge in [-0.2, -0.15) is 0 Å². The van der Waals surface area contributed by atoms with Crippen molar-refractivity contribution in [3.8, 4) is 0 Å². The van der Waals surface area contributed by atoms with Crippen molar-refractivity contribution < 1.29 is 14.7 Å². The summed E-state index contributed by atoms with van der Waals surface area (Å²) in [5, 5.41) is 0. The van der Waals surface area contributed by atoms with Crippen molar-refractivity contribution >= 4 is 8.60 Å². The SMILES string of the molecule is [NH4+].[NH4+].[NH4+].[O-]P([O-])[O-]. The van der Waals surface area contributed by atoms with E-state index in [1.54, 1.807) is 0 Å². The standard InChI is InChI=1S/3H3N.O3P/c;;;1-4(2)3/h3*1H3;/q;;;-3/p+3. The van der Waals surface area contributed by atoms with Gasteiger partial charge in [-0.05, 0) is 0 Å². The molecule has 0 heterocycles. The average molecular weight is 133 g/mol. The summed E-state index contributed by atoms with van der Waals surface area (Å²) in [5.41, 5.74) is 0. The Hall–Kier alpha value is 0.190. The second-order valence-electron chi connectivity index (χ2n) is 0.224. The van der Waals surface area contributed by atoms with Gasteiger partial charge in [0.2, 0.25) is 0 Å². The minimum atomic E-state index is -3.37. The summed E-state index contributed by atoms with van der Waals surface area (Å²) < 4.78 is 0. The quantitative estimate of drug-likeness (QED) is 0.338. The summed E-state index contributed by atoms with van der Waals surface area (Å²) in [5.74, 6) is 0. The Bertz CT molecular complexity index is 14.9. The molecular formula is H12N3O3P. The van der Waals surface area contributed by atoms with Crippen LogP contribution in [-0.4, -0.2) is 0 Å². The lowest BCUT2D eigenvalue weighted by atomic mass is 14.0. The molecule has 7 heteroatoms. The van der Waals surface area contributed by atoms with Crippen LogP contribution in [0.1, 0.15) is 0 Å². The van der Waals surface area contributed by atoms with Gasteiger partial charge in [0.1, 0.15) is 0 Å². The van der Waals surface area contributed by atoms with E-state index in [0.717, 1.165) is 0 Å². The summed E-state index contributed by atoms with van der Waals surface area (Å²) in [7, 11) is -3.37. The Labute approximate surface area is 42.9 Å². The Morgan fingerprint density at radius 1 is 0.714 bits per heavy atom. The van der Waals surface area contributed by atoms with Gasteiger partial charge in [0.25, 0.3) is 0 Å². The minimum Gasteiger partial charge on any atom is -0.854 e. The van der Waals surface area contributed by atoms with E-state index < -0.39 is 8.60 Å². The van der Waals surface area contributed by atoms with Gasteiger partial charge in [0.05, 0.1) is 0 Å². The van der Waals surface area contributed by atoms with Gasteiger partial charge in [-0.1, -0.05) is 0 Å². The van der Waals surface area contributed by atoms with Crippen molar-refractivity contribution in [2.45, 2.75) is 0 Å². The molecule has 0 aliphatic rings. The molecule has 0 spiro atoms. The third-order valence-electron chi connectivity index (χ3n) is 0. The molecule has 7 heavy (non-hydrogen) atoms. The Kier molecular flexibility index (Phi) is 63.4. The van der Waals surface area contributed by atoms with Gasteiger partial charge >= 0.3 is 0 Å². The second-order valence-corrected chi connectivity index (χ2v) is 0.671. The van der Waals surface area contributed by atoms with Gasteiger partial charge in [0, 0.05) is 0 Å². The largest absolute Gasteiger partial charge is 0.854 e. The normalized spacial score (nSPS) is 5.14. The molecular weight excluding hydrogens is 121 g/mol. The van der Waals surface area contributed by atoms with Crippen LogP contribution in [0.2, 0.25) is 0 Å². The monoisotopic (exact) mass is 133 g/mol. The van der Waals surface area contributed by atoms with Crippen LogP contribution in [0.4, 0.5) is 0 Å². The Morgan fingerprint density at radius 2 is 0.714 bits per heavy atom. The fraction of sp³-hybridized carbons (Fsp3) is 0. The first-order valence-electron chi connectivity index (χ1n) is 0.548. The van der Waals surface area contributed by atoms with Gasteiger partial charge in [-0.3, -0.25) is 0 Å². The molecule has 0 fully saturated rings. The van der Waals surface area contributed by atoms with E-state index in [4.69, 9.17) is 14.7 Å². The molecule has 0 bridgehead atoms. The van der Waals surface area contributed by atoms with Crippen molar-refractivity contribution in [1.29, 1.82) is 0 Å². The summed E-state index contributed by atoms with van der Waals surface area (Å²) in [6, 6.07) is 0. The van der Waals surface area contributed by atoms with Crippen molar-refractivity contribution in [2.75, 3.05) is 0 Å². The van der Waals surface area contributed by atoms with Gasteiger partial charge in [-0.25, -0.2) is 0 Å². The molecule has 0 aliphatic carbocycles. The number of hydrogen-bond acceptors (Lipinski definition) is 3. The highest BCUT2D eigenvalue weighted by atomic mass is 31.2. The molecule has 0 atom stereocenters. The zero-order chi connectivity index (χ0) is 3.58. The van der Waals surface area contributed by atoms with Crippen LogP contribution in [0, 0.1) is 0 Å². The van der Waals surface area contributed by atoms with Crippen LogP contribution in [0.3, 0.4) is 0 Å². The van der Waals surface area contributed by atoms with E-state index in [1.165, 1.54) is 0 Å². The molecule has 0 radical (unpaired) electrons. The first kappa shape index (κ1) is 27.1. The highest BCUT2D eigenvalue weighted by Gasteiger charge is 1.10. The van der Waals surface area contributed by atoms with Gasteiger partial charge in [-0.15, -0.1) is 0 Å². The number of quaternary nitrogens is 3. The molecule has 0 aromatic carbocycles. The zero-order valence-corrected chi connectivity index (χ0v) is 5.57. The molecule has 0 saturated heterocycles. The Balaban J connectivity index is -0.0000000150. The van der Waals surface area contributed by atoms with Crippen LogP contribution < -0.4 is 33.1 Å². The maximum atomic E-state index is 8.48. The molecule has 6 nitrogen and oxygen atoms in total. The summed E-state index contributed by atoms with van der Waals surface area (Å²) >= 11 is 0. The first-order valence-corrected chi connectivity index (χ1v) is 1.64. The topological polar surface area (TPSA) is 179 Å². The van der Waals surface area contributed by atoms with E-state index in [9.17, 15) is 0 Å². The maximum absolute atomic E-state index is 8.48. The van der Waals surface area contributed by atoms with Crippen LogP contribution >= 0.6 is 8.60 Å². The van der Waals surface area contributed by atoms with Crippen LogP contribution in [0.25, 0.3) is 0 Å². The summed E-state index contributed by atoms with van der Waals surface area (Å²) in [6.07, 6.45) is 0. The number of rotatable bonds is 0.